The molecular formula is C26H38N4O3S. The molecule has 3 rings (SSSR count). The smallest absolute Gasteiger partial charge is 0.203 e. The molecule has 0 unspecified atom stereocenters. The van der Waals surface area contributed by atoms with E-state index in [1.165, 1.54) is 0 Å². The molecule has 186 valence electrons. The minimum absolute atomic E-state index is 0.0254. The fourth-order valence-corrected chi connectivity index (χ4v) is 5.32. The number of piperidine rings is 1. The lowest BCUT2D eigenvalue weighted by Gasteiger charge is -2.47. The highest BCUT2D eigenvalue weighted by Gasteiger charge is 2.38. The summed E-state index contributed by atoms with van der Waals surface area (Å²) in [6, 6.07) is 10.1. The summed E-state index contributed by atoms with van der Waals surface area (Å²) in [6.07, 6.45) is 3.78. The molecule has 2 aromatic rings. The Kier molecular flexibility index (Phi) is 8.25. The van der Waals surface area contributed by atoms with E-state index in [2.05, 4.69) is 48.2 Å². The molecule has 7 nitrogen and oxygen atoms in total. The third-order valence-corrected chi connectivity index (χ3v) is 6.36. The third-order valence-electron chi connectivity index (χ3n) is 5.98. The molecule has 0 bridgehead atoms. The number of ether oxygens (including phenoxy) is 3. The van der Waals surface area contributed by atoms with Gasteiger partial charge in [0, 0.05) is 29.9 Å². The van der Waals surface area contributed by atoms with E-state index in [0.717, 1.165) is 24.1 Å². The zero-order valence-electron chi connectivity index (χ0n) is 21.4. The van der Waals surface area contributed by atoms with Gasteiger partial charge in [-0.3, -0.25) is 4.98 Å². The number of hydrogen-bond acceptors (Lipinski definition) is 6. The Labute approximate surface area is 209 Å². The second-order valence-corrected chi connectivity index (χ2v) is 10.5. The maximum absolute atomic E-state index is 5.96. The van der Waals surface area contributed by atoms with Crippen LogP contribution in [0.15, 0.2) is 36.5 Å². The Morgan fingerprint density at radius 1 is 1.03 bits per heavy atom. The maximum atomic E-state index is 5.96. The molecule has 1 saturated heterocycles. The fourth-order valence-electron chi connectivity index (χ4n) is 5.02. The average Bonchev–Trinajstić information content (AvgIpc) is 2.76. The molecule has 8 heteroatoms. The number of pyridine rings is 1. The van der Waals surface area contributed by atoms with E-state index in [-0.39, 0.29) is 17.1 Å². The minimum atomic E-state index is 0.0254. The molecule has 0 aliphatic carbocycles. The van der Waals surface area contributed by atoms with Gasteiger partial charge in [-0.1, -0.05) is 6.07 Å². The van der Waals surface area contributed by atoms with Crippen LogP contribution in [0.4, 0.5) is 0 Å². The summed E-state index contributed by atoms with van der Waals surface area (Å²) in [7, 11) is 4.85. The summed E-state index contributed by atoms with van der Waals surface area (Å²) in [6.45, 7) is 10.1. The SMILES string of the molecule is COc1cc(CN(Cc2ccccn2)C(=S)NC2CC(C)(C)NC(C)(C)C2)cc(OC)c1OC. The van der Waals surface area contributed by atoms with Crippen LogP contribution in [0.5, 0.6) is 17.2 Å². The molecule has 1 aromatic carbocycles. The van der Waals surface area contributed by atoms with Gasteiger partial charge in [0.2, 0.25) is 5.75 Å². The van der Waals surface area contributed by atoms with Crippen molar-refractivity contribution in [1.82, 2.24) is 20.5 Å². The van der Waals surface area contributed by atoms with Crippen molar-refractivity contribution in [3.8, 4) is 17.2 Å². The summed E-state index contributed by atoms with van der Waals surface area (Å²) >= 11 is 5.96. The molecule has 0 spiro atoms. The minimum Gasteiger partial charge on any atom is -0.493 e. The first-order chi connectivity index (χ1) is 16.1. The Morgan fingerprint density at radius 3 is 2.15 bits per heavy atom. The van der Waals surface area contributed by atoms with Crippen molar-refractivity contribution in [2.75, 3.05) is 21.3 Å². The quantitative estimate of drug-likeness (QED) is 0.536. The normalized spacial score (nSPS) is 17.0. The van der Waals surface area contributed by atoms with Crippen LogP contribution in [-0.2, 0) is 13.1 Å². The van der Waals surface area contributed by atoms with Gasteiger partial charge in [0.05, 0.1) is 33.6 Å². The molecule has 1 aliphatic heterocycles. The van der Waals surface area contributed by atoms with Crippen molar-refractivity contribution < 1.29 is 14.2 Å². The largest absolute Gasteiger partial charge is 0.493 e. The van der Waals surface area contributed by atoms with Crippen LogP contribution in [0.2, 0.25) is 0 Å². The van der Waals surface area contributed by atoms with Crippen molar-refractivity contribution >= 4 is 17.3 Å². The van der Waals surface area contributed by atoms with Gasteiger partial charge in [-0.15, -0.1) is 0 Å². The molecule has 1 aromatic heterocycles. The molecule has 34 heavy (non-hydrogen) atoms. The second kappa shape index (κ2) is 10.8. The van der Waals surface area contributed by atoms with Crippen molar-refractivity contribution in [1.29, 1.82) is 0 Å². The van der Waals surface area contributed by atoms with Crippen LogP contribution < -0.4 is 24.8 Å². The van der Waals surface area contributed by atoms with E-state index in [1.807, 2.05) is 30.3 Å². The zero-order chi connectivity index (χ0) is 24.9. The van der Waals surface area contributed by atoms with Gasteiger partial charge >= 0.3 is 0 Å². The number of aromatic nitrogens is 1. The number of rotatable bonds is 8. The Morgan fingerprint density at radius 2 is 1.65 bits per heavy atom. The first-order valence-corrected chi connectivity index (χ1v) is 12.0. The molecule has 2 N–H and O–H groups in total. The van der Waals surface area contributed by atoms with Crippen LogP contribution in [0.25, 0.3) is 0 Å². The Balaban J connectivity index is 1.86. The van der Waals surface area contributed by atoms with Gasteiger partial charge in [0.1, 0.15) is 0 Å². The molecule has 0 atom stereocenters. The maximum Gasteiger partial charge on any atom is 0.203 e. The second-order valence-electron chi connectivity index (χ2n) is 10.2. The van der Waals surface area contributed by atoms with E-state index in [1.54, 1.807) is 27.5 Å². The molecule has 0 amide bonds. The standard InChI is InChI=1S/C26H38N4O3S/c1-25(2)14-20(15-26(3,4)29-25)28-24(34)30(17-19-10-8-9-11-27-19)16-18-12-21(31-5)23(33-7)22(13-18)32-6/h8-13,20,29H,14-17H2,1-7H3,(H,28,34). The number of hydrogen-bond donors (Lipinski definition) is 2. The highest BCUT2D eigenvalue weighted by Crippen LogP contribution is 2.38. The number of benzene rings is 1. The van der Waals surface area contributed by atoms with Crippen LogP contribution in [0.1, 0.15) is 51.8 Å². The van der Waals surface area contributed by atoms with E-state index >= 15 is 0 Å². The van der Waals surface area contributed by atoms with Gasteiger partial charge in [-0.2, -0.15) is 0 Å². The highest BCUT2D eigenvalue weighted by molar-refractivity contribution is 7.80. The summed E-state index contributed by atoms with van der Waals surface area (Å²) < 4.78 is 16.6. The summed E-state index contributed by atoms with van der Waals surface area (Å²) in [5, 5.41) is 8.09. The van der Waals surface area contributed by atoms with Crippen molar-refractivity contribution in [3.63, 3.8) is 0 Å². The van der Waals surface area contributed by atoms with Crippen LogP contribution in [0.3, 0.4) is 0 Å². The van der Waals surface area contributed by atoms with Gasteiger partial charge < -0.3 is 29.7 Å². The van der Waals surface area contributed by atoms with E-state index in [0.29, 0.717) is 35.5 Å². The Hall–Kier alpha value is -2.58. The van der Waals surface area contributed by atoms with E-state index in [4.69, 9.17) is 26.4 Å². The van der Waals surface area contributed by atoms with Crippen LogP contribution in [0, 0.1) is 0 Å². The molecular weight excluding hydrogens is 448 g/mol. The number of thiocarbonyl (C=S) groups is 1. The predicted molar refractivity (Wildman–Crippen MR) is 140 cm³/mol. The summed E-state index contributed by atoms with van der Waals surface area (Å²) in [5.74, 6) is 1.82. The van der Waals surface area contributed by atoms with Gasteiger partial charge in [0.15, 0.2) is 16.6 Å². The van der Waals surface area contributed by atoms with Crippen LogP contribution in [-0.4, -0.2) is 53.4 Å². The lowest BCUT2D eigenvalue weighted by molar-refractivity contribution is 0.153. The van der Waals surface area contributed by atoms with E-state index < -0.39 is 0 Å². The average molecular weight is 487 g/mol. The first kappa shape index (κ1) is 26.0. The third kappa shape index (κ3) is 6.73. The molecule has 0 saturated carbocycles. The molecule has 0 radical (unpaired) electrons. The van der Waals surface area contributed by atoms with Gasteiger partial charge in [-0.05, 0) is 82.6 Å². The fraction of sp³-hybridized carbons (Fsp3) is 0.538. The summed E-state index contributed by atoms with van der Waals surface area (Å²) in [4.78, 5) is 6.66. The monoisotopic (exact) mass is 486 g/mol. The lowest BCUT2D eigenvalue weighted by atomic mass is 9.80. The summed E-state index contributed by atoms with van der Waals surface area (Å²) in [5.41, 5.74) is 2.00. The Bertz CT molecular complexity index is 940. The van der Waals surface area contributed by atoms with Gasteiger partial charge in [0.25, 0.3) is 0 Å². The number of nitrogens with one attached hydrogen (secondary N) is 2. The first-order valence-electron chi connectivity index (χ1n) is 11.6. The van der Waals surface area contributed by atoms with Crippen molar-refractivity contribution in [2.24, 2.45) is 0 Å². The van der Waals surface area contributed by atoms with Gasteiger partial charge in [-0.25, -0.2) is 0 Å². The topological polar surface area (TPSA) is 67.9 Å². The number of methoxy groups -OCH3 is 3. The molecule has 2 heterocycles. The highest BCUT2D eigenvalue weighted by atomic mass is 32.1. The lowest BCUT2D eigenvalue weighted by Crippen LogP contribution is -2.62. The van der Waals surface area contributed by atoms with E-state index in [9.17, 15) is 0 Å². The zero-order valence-corrected chi connectivity index (χ0v) is 22.2. The van der Waals surface area contributed by atoms with Crippen molar-refractivity contribution in [3.05, 3.63) is 47.8 Å². The van der Waals surface area contributed by atoms with Crippen molar-refractivity contribution in [2.45, 2.75) is 70.7 Å². The number of nitrogens with zero attached hydrogens (tertiary/aromatic N) is 2. The predicted octanol–water partition coefficient (Wildman–Crippen LogP) is 4.29. The van der Waals surface area contributed by atoms with Crippen LogP contribution >= 0.6 is 12.2 Å². The molecule has 1 fully saturated rings. The molecule has 1 aliphatic rings.